The van der Waals surface area contributed by atoms with Gasteiger partial charge in [0, 0.05) is 30.5 Å². The van der Waals surface area contributed by atoms with Crippen LogP contribution < -0.4 is 5.32 Å². The molecule has 0 radical (unpaired) electrons. The van der Waals surface area contributed by atoms with E-state index in [1.54, 1.807) is 39.8 Å². The molecule has 0 bridgehead atoms. The molecule has 7 heteroatoms. The number of carbonyl (C=O) groups is 3. The molecule has 1 N–H and O–H groups in total. The van der Waals surface area contributed by atoms with Crippen LogP contribution in [0.3, 0.4) is 0 Å². The van der Waals surface area contributed by atoms with Crippen LogP contribution in [0.4, 0.5) is 4.39 Å². The molecule has 1 fully saturated rings. The summed E-state index contributed by atoms with van der Waals surface area (Å²) in [6.07, 6.45) is 6.66. The first-order valence-corrected chi connectivity index (χ1v) is 10.6. The summed E-state index contributed by atoms with van der Waals surface area (Å²) in [5.74, 6) is -0.597. The van der Waals surface area contributed by atoms with Gasteiger partial charge in [0.15, 0.2) is 11.6 Å². The highest BCUT2D eigenvalue weighted by Gasteiger charge is 2.44. The molecule has 1 aliphatic carbocycles. The molecule has 1 aromatic heterocycles. The van der Waals surface area contributed by atoms with Gasteiger partial charge in [-0.2, -0.15) is 0 Å². The lowest BCUT2D eigenvalue weighted by molar-refractivity contribution is -0.129. The van der Waals surface area contributed by atoms with Crippen LogP contribution in [0.5, 0.6) is 0 Å². The first kappa shape index (κ1) is 23.6. The minimum atomic E-state index is -0.939. The second kappa shape index (κ2) is 8.84. The van der Waals surface area contributed by atoms with Crippen LogP contribution in [-0.4, -0.2) is 28.0 Å². The highest BCUT2D eigenvalue weighted by molar-refractivity contribution is 6.30. The number of terminal acetylenes is 1. The Morgan fingerprint density at radius 3 is 2.47 bits per heavy atom. The number of aryl methyl sites for hydroxylation is 2. The van der Waals surface area contributed by atoms with Crippen LogP contribution in [-0.2, 0) is 14.4 Å². The molecule has 5 nitrogen and oxygen atoms in total. The van der Waals surface area contributed by atoms with E-state index in [9.17, 15) is 18.8 Å². The molecule has 0 aliphatic heterocycles. The number of benzene rings is 1. The molecule has 2 aromatic rings. The number of carbonyl (C=O) groups excluding carboxylic acids is 3. The van der Waals surface area contributed by atoms with Gasteiger partial charge in [-0.3, -0.25) is 19.4 Å². The van der Waals surface area contributed by atoms with Crippen LogP contribution in [0.15, 0.2) is 24.4 Å². The van der Waals surface area contributed by atoms with Gasteiger partial charge in [0.05, 0.1) is 10.6 Å². The van der Waals surface area contributed by atoms with E-state index in [1.807, 2.05) is 0 Å². The Morgan fingerprint density at radius 2 is 1.91 bits per heavy atom. The maximum Gasteiger partial charge on any atom is 0.221 e. The predicted octanol–water partition coefficient (Wildman–Crippen LogP) is 4.32. The van der Waals surface area contributed by atoms with Crippen LogP contribution in [0.2, 0.25) is 5.02 Å². The molecule has 0 saturated heterocycles. The fourth-order valence-corrected chi connectivity index (χ4v) is 4.33. The van der Waals surface area contributed by atoms with Crippen molar-refractivity contribution in [1.29, 1.82) is 0 Å². The van der Waals surface area contributed by atoms with Gasteiger partial charge < -0.3 is 5.32 Å². The molecule has 1 saturated carbocycles. The lowest BCUT2D eigenvalue weighted by Gasteiger charge is -2.20. The molecular weight excluding hydrogens is 431 g/mol. The average Bonchev–Trinajstić information content (AvgIpc) is 2.94. The largest absolute Gasteiger partial charge is 0.340 e. The Hall–Kier alpha value is -3.04. The van der Waals surface area contributed by atoms with Gasteiger partial charge in [0.1, 0.15) is 17.4 Å². The first-order chi connectivity index (χ1) is 14.9. The van der Waals surface area contributed by atoms with Crippen LogP contribution in [0, 0.1) is 37.9 Å². The van der Waals surface area contributed by atoms with Crippen molar-refractivity contribution in [3.8, 4) is 23.6 Å². The molecule has 1 aliphatic rings. The van der Waals surface area contributed by atoms with Crippen molar-refractivity contribution in [1.82, 2.24) is 10.3 Å². The number of aromatic nitrogens is 1. The Kier molecular flexibility index (Phi) is 6.52. The van der Waals surface area contributed by atoms with E-state index in [0.29, 0.717) is 22.3 Å². The number of amides is 1. The number of pyridine rings is 1. The van der Waals surface area contributed by atoms with Crippen molar-refractivity contribution in [2.75, 3.05) is 0 Å². The molecule has 0 spiro atoms. The normalized spacial score (nSPS) is 18.5. The van der Waals surface area contributed by atoms with Crippen molar-refractivity contribution in [2.45, 2.75) is 52.0 Å². The van der Waals surface area contributed by atoms with Gasteiger partial charge >= 0.3 is 0 Å². The fraction of sp³-hybridized carbons (Fsp3) is 0.360. The lowest BCUT2D eigenvalue weighted by atomic mass is 9.85. The van der Waals surface area contributed by atoms with Crippen LogP contribution in [0.1, 0.15) is 49.3 Å². The molecule has 1 aromatic carbocycles. The van der Waals surface area contributed by atoms with E-state index < -0.39 is 23.2 Å². The molecule has 2 atom stereocenters. The van der Waals surface area contributed by atoms with Gasteiger partial charge in [-0.15, -0.1) is 6.42 Å². The van der Waals surface area contributed by atoms with Gasteiger partial charge in [-0.25, -0.2) is 4.39 Å². The first-order valence-electron chi connectivity index (χ1n) is 10.2. The van der Waals surface area contributed by atoms with Gasteiger partial charge in [0.2, 0.25) is 5.91 Å². The summed E-state index contributed by atoms with van der Waals surface area (Å²) >= 11 is 5.79. The topological polar surface area (TPSA) is 76.1 Å². The Labute approximate surface area is 191 Å². The number of hydrogen-bond acceptors (Lipinski definition) is 4. The maximum atomic E-state index is 14.3. The summed E-state index contributed by atoms with van der Waals surface area (Å²) in [7, 11) is 0. The quantitative estimate of drug-likeness (QED) is 0.539. The Morgan fingerprint density at radius 1 is 1.28 bits per heavy atom. The predicted molar refractivity (Wildman–Crippen MR) is 121 cm³/mol. The molecule has 2 unspecified atom stereocenters. The molecule has 1 amide bonds. The summed E-state index contributed by atoms with van der Waals surface area (Å²) in [6, 6.07) is 4.60. The second-order valence-electron chi connectivity index (χ2n) is 8.73. The SMILES string of the molecule is C#CC(C)(C)NC(=O)CC1CC(=O)C(c2c(C)cc(-c3ncc(Cl)cc3F)cc2C)C1=O. The zero-order valence-corrected chi connectivity index (χ0v) is 19.1. The van der Waals surface area contributed by atoms with Crippen molar-refractivity contribution < 1.29 is 18.8 Å². The maximum absolute atomic E-state index is 14.3. The second-order valence-corrected chi connectivity index (χ2v) is 9.17. The molecule has 1 heterocycles. The van der Waals surface area contributed by atoms with Gasteiger partial charge in [-0.05, 0) is 62.6 Å². The van der Waals surface area contributed by atoms with E-state index in [1.165, 1.54) is 12.3 Å². The highest BCUT2D eigenvalue weighted by Crippen LogP contribution is 2.38. The summed E-state index contributed by atoms with van der Waals surface area (Å²) in [6.45, 7) is 6.91. The zero-order chi connectivity index (χ0) is 23.8. The van der Waals surface area contributed by atoms with E-state index in [4.69, 9.17) is 18.0 Å². The third-order valence-electron chi connectivity index (χ3n) is 5.66. The third-order valence-corrected chi connectivity index (χ3v) is 5.87. The third kappa shape index (κ3) is 4.73. The number of Topliss-reactive ketones (excluding diaryl/α,β-unsaturated/α-hetero) is 2. The fourth-order valence-electron chi connectivity index (χ4n) is 4.18. The summed E-state index contributed by atoms with van der Waals surface area (Å²) < 4.78 is 14.3. The van der Waals surface area contributed by atoms with E-state index in [0.717, 1.165) is 0 Å². The summed E-state index contributed by atoms with van der Waals surface area (Å²) in [5.41, 5.74) is 1.80. The number of halogens is 2. The van der Waals surface area contributed by atoms with Crippen molar-refractivity contribution >= 4 is 29.1 Å². The summed E-state index contributed by atoms with van der Waals surface area (Å²) in [4.78, 5) is 42.3. The zero-order valence-electron chi connectivity index (χ0n) is 18.4. The van der Waals surface area contributed by atoms with Crippen molar-refractivity contribution in [2.24, 2.45) is 5.92 Å². The highest BCUT2D eigenvalue weighted by atomic mass is 35.5. The molecule has 166 valence electrons. The smallest absolute Gasteiger partial charge is 0.221 e. The van der Waals surface area contributed by atoms with Gasteiger partial charge in [0.25, 0.3) is 0 Å². The Bertz CT molecular complexity index is 1140. The average molecular weight is 455 g/mol. The van der Waals surface area contributed by atoms with E-state index in [2.05, 4.69) is 16.2 Å². The number of ketones is 2. The van der Waals surface area contributed by atoms with Gasteiger partial charge in [-0.1, -0.05) is 17.5 Å². The number of nitrogens with one attached hydrogen (secondary N) is 1. The lowest BCUT2D eigenvalue weighted by Crippen LogP contribution is -2.43. The van der Waals surface area contributed by atoms with E-state index in [-0.39, 0.29) is 41.0 Å². The molecular formula is C25H24ClFN2O3. The molecule has 32 heavy (non-hydrogen) atoms. The number of nitrogens with zero attached hydrogens (tertiary/aromatic N) is 1. The number of rotatable bonds is 5. The molecule has 3 rings (SSSR count). The van der Waals surface area contributed by atoms with Crippen molar-refractivity contribution in [3.63, 3.8) is 0 Å². The minimum Gasteiger partial charge on any atom is -0.340 e. The number of hydrogen-bond donors (Lipinski definition) is 1. The van der Waals surface area contributed by atoms with Crippen LogP contribution in [0.25, 0.3) is 11.3 Å². The van der Waals surface area contributed by atoms with E-state index >= 15 is 0 Å². The monoisotopic (exact) mass is 454 g/mol. The summed E-state index contributed by atoms with van der Waals surface area (Å²) in [5, 5.41) is 2.88. The van der Waals surface area contributed by atoms with Crippen molar-refractivity contribution in [3.05, 3.63) is 51.9 Å². The van der Waals surface area contributed by atoms with Crippen LogP contribution >= 0.6 is 11.6 Å². The Balaban J connectivity index is 1.88. The minimum absolute atomic E-state index is 0.00139. The standard InChI is InChI=1S/C25H24ClFN2O3/c1-6-25(4,5)29-20(31)10-16-9-19(30)22(24(16)32)21-13(2)7-15(8-14(21)3)23-18(27)11-17(26)12-28-23/h1,7-8,11-12,16,22H,9-10H2,2-5H3,(H,29,31).